The van der Waals surface area contributed by atoms with Crippen molar-refractivity contribution in [3.05, 3.63) is 60.7 Å². The van der Waals surface area contributed by atoms with Crippen LogP contribution in [0.15, 0.2) is 60.7 Å². The van der Waals surface area contributed by atoms with Crippen LogP contribution in [0, 0.1) is 0 Å². The van der Waals surface area contributed by atoms with Crippen LogP contribution in [0.4, 0.5) is 0 Å². The Morgan fingerprint density at radius 2 is 1.32 bits per heavy atom. The third-order valence-electron chi connectivity index (χ3n) is 2.95. The molecule has 0 heterocycles. The molecule has 2 heteroatoms. The van der Waals surface area contributed by atoms with Gasteiger partial charge in [0.1, 0.15) is 0 Å². The van der Waals surface area contributed by atoms with E-state index in [9.17, 15) is 0 Å². The second kappa shape index (κ2) is 8.09. The van der Waals surface area contributed by atoms with Gasteiger partial charge < -0.3 is 4.52 Å². The first-order valence-electron chi connectivity index (χ1n) is 6.95. The van der Waals surface area contributed by atoms with Gasteiger partial charge in [-0.2, -0.15) is 0 Å². The molecule has 2 aromatic carbocycles. The molecular formula is C17H21OP. The van der Waals surface area contributed by atoms with Crippen molar-refractivity contribution in [1.29, 1.82) is 0 Å². The van der Waals surface area contributed by atoms with Gasteiger partial charge in [0.15, 0.2) is 0 Å². The van der Waals surface area contributed by atoms with Crippen LogP contribution in [0.5, 0.6) is 0 Å². The lowest BCUT2D eigenvalue weighted by atomic mass is 10.3. The fraction of sp³-hybridized carbons (Fsp3) is 0.294. The van der Waals surface area contributed by atoms with Crippen molar-refractivity contribution in [1.82, 2.24) is 0 Å². The maximum atomic E-state index is 6.18. The van der Waals surface area contributed by atoms with E-state index in [2.05, 4.69) is 67.6 Å². The summed E-state index contributed by atoms with van der Waals surface area (Å²) < 4.78 is 6.18. The molecule has 0 radical (unpaired) electrons. The molecule has 100 valence electrons. The summed E-state index contributed by atoms with van der Waals surface area (Å²) in [6.45, 7) is 3.07. The molecule has 0 N–H and O–H groups in total. The highest BCUT2D eigenvalue weighted by molar-refractivity contribution is 7.68. The van der Waals surface area contributed by atoms with E-state index < -0.39 is 8.15 Å². The summed E-state index contributed by atoms with van der Waals surface area (Å²) in [5.74, 6) is 0. The molecule has 0 aliphatic rings. The SMILES string of the molecule is CCCCCOP(c1ccccc1)c1ccccc1. The molecule has 0 spiro atoms. The van der Waals surface area contributed by atoms with Crippen LogP contribution in [-0.2, 0) is 4.52 Å². The van der Waals surface area contributed by atoms with Gasteiger partial charge in [-0.25, -0.2) is 0 Å². The third-order valence-corrected chi connectivity index (χ3v) is 4.92. The summed E-state index contributed by atoms with van der Waals surface area (Å²) in [7, 11) is -0.667. The second-order valence-electron chi connectivity index (χ2n) is 4.51. The molecule has 2 rings (SSSR count). The number of rotatable bonds is 7. The molecule has 0 fully saturated rings. The van der Waals surface area contributed by atoms with Gasteiger partial charge in [0.25, 0.3) is 0 Å². The minimum Gasteiger partial charge on any atom is -0.350 e. The van der Waals surface area contributed by atoms with E-state index in [1.807, 2.05) is 0 Å². The molecular weight excluding hydrogens is 251 g/mol. The first-order chi connectivity index (χ1) is 9.42. The Bertz CT molecular complexity index is 416. The van der Waals surface area contributed by atoms with Gasteiger partial charge in [-0.3, -0.25) is 0 Å². The average Bonchev–Trinajstić information content (AvgIpc) is 2.49. The van der Waals surface area contributed by atoms with Gasteiger partial charge in [-0.15, -0.1) is 0 Å². The maximum Gasteiger partial charge on any atom is 0.0917 e. The highest BCUT2D eigenvalue weighted by atomic mass is 31.1. The van der Waals surface area contributed by atoms with E-state index in [-0.39, 0.29) is 0 Å². The van der Waals surface area contributed by atoms with Gasteiger partial charge in [0.05, 0.1) is 14.8 Å². The monoisotopic (exact) mass is 272 g/mol. The lowest BCUT2D eigenvalue weighted by Crippen LogP contribution is -2.13. The second-order valence-corrected chi connectivity index (χ2v) is 6.39. The third kappa shape index (κ3) is 4.45. The van der Waals surface area contributed by atoms with Crippen molar-refractivity contribution >= 4 is 18.8 Å². The average molecular weight is 272 g/mol. The van der Waals surface area contributed by atoms with Crippen LogP contribution in [0.25, 0.3) is 0 Å². The molecule has 0 saturated heterocycles. The van der Waals surface area contributed by atoms with E-state index in [1.54, 1.807) is 0 Å². The number of hydrogen-bond donors (Lipinski definition) is 0. The number of benzene rings is 2. The Morgan fingerprint density at radius 1 is 0.789 bits per heavy atom. The minimum atomic E-state index is -0.667. The van der Waals surface area contributed by atoms with Crippen molar-refractivity contribution in [3.8, 4) is 0 Å². The van der Waals surface area contributed by atoms with Crippen LogP contribution in [0.2, 0.25) is 0 Å². The summed E-state index contributed by atoms with van der Waals surface area (Å²) in [6, 6.07) is 21.1. The van der Waals surface area contributed by atoms with E-state index in [1.165, 1.54) is 23.5 Å². The fourth-order valence-corrected chi connectivity index (χ4v) is 3.73. The van der Waals surface area contributed by atoms with E-state index in [0.29, 0.717) is 0 Å². The quantitative estimate of drug-likeness (QED) is 0.541. The minimum absolute atomic E-state index is 0.667. The first-order valence-corrected chi connectivity index (χ1v) is 8.21. The van der Waals surface area contributed by atoms with Crippen LogP contribution < -0.4 is 10.6 Å². The van der Waals surface area contributed by atoms with Gasteiger partial charge in [-0.1, -0.05) is 80.4 Å². The smallest absolute Gasteiger partial charge is 0.0917 e. The number of hydrogen-bond acceptors (Lipinski definition) is 1. The fourth-order valence-electron chi connectivity index (χ4n) is 1.93. The van der Waals surface area contributed by atoms with Crippen LogP contribution >= 0.6 is 8.15 Å². The van der Waals surface area contributed by atoms with Crippen LogP contribution in [-0.4, -0.2) is 6.61 Å². The Labute approximate surface area is 117 Å². The molecule has 0 bridgehead atoms. The zero-order valence-electron chi connectivity index (χ0n) is 11.5. The van der Waals surface area contributed by atoms with Gasteiger partial charge in [0, 0.05) is 10.6 Å². The Kier molecular flexibility index (Phi) is 6.07. The van der Waals surface area contributed by atoms with Crippen molar-refractivity contribution < 1.29 is 4.52 Å². The molecule has 0 atom stereocenters. The summed E-state index contributed by atoms with van der Waals surface area (Å²) in [6.07, 6.45) is 3.62. The topological polar surface area (TPSA) is 9.23 Å². The molecule has 1 nitrogen and oxygen atoms in total. The summed E-state index contributed by atoms with van der Waals surface area (Å²) >= 11 is 0. The highest BCUT2D eigenvalue weighted by Crippen LogP contribution is 2.34. The van der Waals surface area contributed by atoms with Crippen molar-refractivity contribution in [2.24, 2.45) is 0 Å². The Balaban J connectivity index is 2.10. The lowest BCUT2D eigenvalue weighted by Gasteiger charge is -2.18. The van der Waals surface area contributed by atoms with Crippen LogP contribution in [0.1, 0.15) is 26.2 Å². The maximum absolute atomic E-state index is 6.18. The largest absolute Gasteiger partial charge is 0.350 e. The molecule has 2 aromatic rings. The molecule has 0 saturated carbocycles. The zero-order chi connectivity index (χ0) is 13.3. The predicted octanol–water partition coefficient (Wildman–Crippen LogP) is 4.24. The van der Waals surface area contributed by atoms with Crippen LogP contribution in [0.3, 0.4) is 0 Å². The summed E-state index contributed by atoms with van der Waals surface area (Å²) in [5.41, 5.74) is 0. The van der Waals surface area contributed by atoms with Crippen molar-refractivity contribution in [2.45, 2.75) is 26.2 Å². The number of unbranched alkanes of at least 4 members (excludes halogenated alkanes) is 2. The zero-order valence-corrected chi connectivity index (χ0v) is 12.4. The highest BCUT2D eigenvalue weighted by Gasteiger charge is 2.14. The van der Waals surface area contributed by atoms with Crippen molar-refractivity contribution in [3.63, 3.8) is 0 Å². The van der Waals surface area contributed by atoms with Gasteiger partial charge >= 0.3 is 0 Å². The molecule has 0 unspecified atom stereocenters. The molecule has 0 aliphatic heterocycles. The van der Waals surface area contributed by atoms with E-state index in [4.69, 9.17) is 4.52 Å². The summed E-state index contributed by atoms with van der Waals surface area (Å²) in [5, 5.41) is 2.58. The predicted molar refractivity (Wildman–Crippen MR) is 84.5 cm³/mol. The Hall–Kier alpha value is -1.17. The standard InChI is InChI=1S/C17H21OP/c1-2-3-10-15-18-19(16-11-6-4-7-12-16)17-13-8-5-9-14-17/h4-9,11-14H,2-3,10,15H2,1H3. The van der Waals surface area contributed by atoms with Crippen molar-refractivity contribution in [2.75, 3.05) is 6.61 Å². The van der Waals surface area contributed by atoms with Gasteiger partial charge in [0.2, 0.25) is 0 Å². The normalized spacial score (nSPS) is 10.8. The summed E-state index contributed by atoms with van der Waals surface area (Å²) in [4.78, 5) is 0. The Morgan fingerprint density at radius 3 is 1.79 bits per heavy atom. The van der Waals surface area contributed by atoms with E-state index in [0.717, 1.165) is 13.0 Å². The molecule has 0 amide bonds. The lowest BCUT2D eigenvalue weighted by molar-refractivity contribution is 0.346. The van der Waals surface area contributed by atoms with Gasteiger partial charge in [-0.05, 0) is 6.42 Å². The van der Waals surface area contributed by atoms with E-state index >= 15 is 0 Å². The molecule has 19 heavy (non-hydrogen) atoms. The first kappa shape index (κ1) is 14.2. The molecule has 0 aromatic heterocycles. The molecule has 0 aliphatic carbocycles.